The average molecular weight is 664 g/mol. The number of hydrogen-bond acceptors (Lipinski definition) is 6. The Morgan fingerprint density at radius 3 is 1.98 bits per heavy atom. The first-order valence-electron chi connectivity index (χ1n) is 16.7. The lowest BCUT2D eigenvalue weighted by Gasteiger charge is -2.28. The Hall–Kier alpha value is -5.88. The summed E-state index contributed by atoms with van der Waals surface area (Å²) in [6.07, 6.45) is 0.249. The standard InChI is InChI=1S/C44H41NO5/c1-7-42(46)50-37(28-49-43(47)29(2)3)27-48-36-23-16-32(17-24-36)31-14-20-34(21-15-31)45(33-18-12-30(4)13-19-33)35-22-25-39-38-10-8-9-11-40(38)44(5,6)41(39)26-35/h7-26,37H,1-2,27-28H2,3-6H3. The smallest absolute Gasteiger partial charge is 0.333 e. The van der Waals surface area contributed by atoms with Crippen LogP contribution in [-0.2, 0) is 24.5 Å². The average Bonchev–Trinajstić information content (AvgIpc) is 3.36. The number of ether oxygens (including phenoxy) is 3. The number of nitrogens with zero attached hydrogens (tertiary/aromatic N) is 1. The zero-order valence-electron chi connectivity index (χ0n) is 28.9. The highest BCUT2D eigenvalue weighted by Gasteiger charge is 2.35. The maximum absolute atomic E-state index is 11.8. The van der Waals surface area contributed by atoms with Gasteiger partial charge >= 0.3 is 11.9 Å². The molecule has 6 rings (SSSR count). The maximum atomic E-state index is 11.8. The van der Waals surface area contributed by atoms with Crippen molar-refractivity contribution in [3.05, 3.63) is 157 Å². The van der Waals surface area contributed by atoms with E-state index in [0.717, 1.165) is 34.3 Å². The van der Waals surface area contributed by atoms with Crippen LogP contribution in [0.5, 0.6) is 5.75 Å². The SMILES string of the molecule is C=CC(=O)OC(COC(=O)C(=C)C)COc1ccc(-c2ccc(N(c3ccc(C)cc3)c3ccc4c(c3)C(C)(C)c3ccccc3-4)cc2)cc1. The van der Waals surface area contributed by atoms with Crippen LogP contribution in [-0.4, -0.2) is 31.3 Å². The van der Waals surface area contributed by atoms with Gasteiger partial charge < -0.3 is 19.1 Å². The fourth-order valence-corrected chi connectivity index (χ4v) is 6.33. The number of carbonyl (C=O) groups excluding carboxylic acids is 2. The molecule has 0 saturated carbocycles. The van der Waals surface area contributed by atoms with Gasteiger partial charge in [-0.3, -0.25) is 0 Å². The van der Waals surface area contributed by atoms with E-state index >= 15 is 0 Å². The summed E-state index contributed by atoms with van der Waals surface area (Å²) in [5, 5.41) is 0. The molecule has 0 amide bonds. The third-order valence-electron chi connectivity index (χ3n) is 9.06. The minimum absolute atomic E-state index is 0.00208. The summed E-state index contributed by atoms with van der Waals surface area (Å²) >= 11 is 0. The van der Waals surface area contributed by atoms with Crippen LogP contribution in [0.3, 0.4) is 0 Å². The number of esters is 2. The van der Waals surface area contributed by atoms with Crippen molar-refractivity contribution in [1.82, 2.24) is 0 Å². The highest BCUT2D eigenvalue weighted by Crippen LogP contribution is 2.50. The molecule has 1 aliphatic carbocycles. The van der Waals surface area contributed by atoms with E-state index in [2.05, 4.69) is 130 Å². The van der Waals surface area contributed by atoms with Gasteiger partial charge in [-0.15, -0.1) is 0 Å². The topological polar surface area (TPSA) is 65.1 Å². The first kappa shape index (κ1) is 34.0. The molecule has 0 spiro atoms. The van der Waals surface area contributed by atoms with Gasteiger partial charge in [-0.2, -0.15) is 0 Å². The van der Waals surface area contributed by atoms with Crippen LogP contribution < -0.4 is 9.64 Å². The Bertz CT molecular complexity index is 2040. The molecule has 5 aromatic rings. The molecule has 50 heavy (non-hydrogen) atoms. The number of carbonyl (C=O) groups is 2. The summed E-state index contributed by atoms with van der Waals surface area (Å²) < 4.78 is 16.4. The van der Waals surface area contributed by atoms with E-state index in [4.69, 9.17) is 14.2 Å². The summed E-state index contributed by atoms with van der Waals surface area (Å²) in [4.78, 5) is 26.0. The fraction of sp³-hybridized carbons (Fsp3) is 0.182. The van der Waals surface area contributed by atoms with Crippen molar-refractivity contribution in [1.29, 1.82) is 0 Å². The van der Waals surface area contributed by atoms with Crippen molar-refractivity contribution in [2.75, 3.05) is 18.1 Å². The largest absolute Gasteiger partial charge is 0.490 e. The van der Waals surface area contributed by atoms with E-state index in [1.165, 1.54) is 27.8 Å². The monoisotopic (exact) mass is 663 g/mol. The second kappa shape index (κ2) is 14.3. The molecule has 0 heterocycles. The molecule has 5 aromatic carbocycles. The molecule has 0 fully saturated rings. The normalized spacial score (nSPS) is 13.0. The first-order chi connectivity index (χ1) is 24.0. The molecule has 1 atom stereocenters. The zero-order chi connectivity index (χ0) is 35.4. The Morgan fingerprint density at radius 2 is 1.34 bits per heavy atom. The maximum Gasteiger partial charge on any atom is 0.333 e. The minimum Gasteiger partial charge on any atom is -0.490 e. The van der Waals surface area contributed by atoms with Crippen molar-refractivity contribution in [2.24, 2.45) is 0 Å². The van der Waals surface area contributed by atoms with E-state index in [0.29, 0.717) is 5.75 Å². The number of hydrogen-bond donors (Lipinski definition) is 0. The molecule has 0 radical (unpaired) electrons. The van der Waals surface area contributed by atoms with Gasteiger partial charge in [0.15, 0.2) is 6.10 Å². The molecule has 0 bridgehead atoms. The highest BCUT2D eigenvalue weighted by molar-refractivity contribution is 5.87. The lowest BCUT2D eigenvalue weighted by Crippen LogP contribution is -2.30. The van der Waals surface area contributed by atoms with Crippen LogP contribution in [0.4, 0.5) is 17.1 Å². The van der Waals surface area contributed by atoms with Crippen LogP contribution in [0, 0.1) is 6.92 Å². The third kappa shape index (κ3) is 7.10. The van der Waals surface area contributed by atoms with Crippen LogP contribution in [0.15, 0.2) is 140 Å². The Labute approximate surface area is 294 Å². The zero-order valence-corrected chi connectivity index (χ0v) is 28.9. The van der Waals surface area contributed by atoms with Crippen LogP contribution >= 0.6 is 0 Å². The number of anilines is 3. The predicted octanol–water partition coefficient (Wildman–Crippen LogP) is 10.0. The van der Waals surface area contributed by atoms with Crippen LogP contribution in [0.1, 0.15) is 37.5 Å². The molecule has 0 N–H and O–H groups in total. The molecule has 252 valence electrons. The third-order valence-corrected chi connectivity index (χ3v) is 9.06. The van der Waals surface area contributed by atoms with Gasteiger partial charge in [0.1, 0.15) is 19.0 Å². The molecule has 1 aliphatic rings. The lowest BCUT2D eigenvalue weighted by atomic mass is 9.82. The second-order valence-corrected chi connectivity index (χ2v) is 13.1. The van der Waals surface area contributed by atoms with Gasteiger partial charge in [0.2, 0.25) is 0 Å². The molecular weight excluding hydrogens is 622 g/mol. The van der Waals surface area contributed by atoms with E-state index in [1.54, 1.807) is 6.92 Å². The molecule has 0 saturated heterocycles. The molecular formula is C44H41NO5. The van der Waals surface area contributed by atoms with Gasteiger partial charge in [0.05, 0.1) is 0 Å². The van der Waals surface area contributed by atoms with Crippen molar-refractivity contribution < 1.29 is 23.8 Å². The van der Waals surface area contributed by atoms with Crippen molar-refractivity contribution in [2.45, 2.75) is 39.2 Å². The summed E-state index contributed by atoms with van der Waals surface area (Å²) in [5.41, 5.74) is 12.0. The minimum atomic E-state index is -0.806. The van der Waals surface area contributed by atoms with Gasteiger partial charge in [-0.25, -0.2) is 9.59 Å². The van der Waals surface area contributed by atoms with E-state index in [9.17, 15) is 9.59 Å². The van der Waals surface area contributed by atoms with Gasteiger partial charge in [0.25, 0.3) is 0 Å². The van der Waals surface area contributed by atoms with Gasteiger partial charge in [0, 0.05) is 34.1 Å². The van der Waals surface area contributed by atoms with E-state index in [-0.39, 0.29) is 24.2 Å². The summed E-state index contributed by atoms with van der Waals surface area (Å²) in [6.45, 7) is 15.1. The summed E-state index contributed by atoms with van der Waals surface area (Å²) in [5.74, 6) is -0.608. The van der Waals surface area contributed by atoms with Crippen molar-refractivity contribution >= 4 is 29.0 Å². The van der Waals surface area contributed by atoms with Crippen molar-refractivity contribution in [3.8, 4) is 28.0 Å². The quantitative estimate of drug-likeness (QED) is 0.0978. The van der Waals surface area contributed by atoms with E-state index < -0.39 is 18.0 Å². The van der Waals surface area contributed by atoms with E-state index in [1.807, 2.05) is 24.3 Å². The number of benzene rings is 5. The number of aryl methyl sites for hydroxylation is 1. The van der Waals surface area contributed by atoms with Crippen molar-refractivity contribution in [3.63, 3.8) is 0 Å². The molecule has 6 nitrogen and oxygen atoms in total. The molecule has 0 aliphatic heterocycles. The Balaban J connectivity index is 1.22. The summed E-state index contributed by atoms with van der Waals surface area (Å²) in [6, 6.07) is 40.4. The van der Waals surface area contributed by atoms with Gasteiger partial charge in [-0.05, 0) is 95.8 Å². The number of rotatable bonds is 12. The first-order valence-corrected chi connectivity index (χ1v) is 16.7. The van der Waals surface area contributed by atoms with Crippen LogP contribution in [0.2, 0.25) is 0 Å². The Morgan fingerprint density at radius 1 is 0.760 bits per heavy atom. The number of fused-ring (bicyclic) bond motifs is 3. The lowest BCUT2D eigenvalue weighted by molar-refractivity contribution is -0.154. The van der Waals surface area contributed by atoms with Gasteiger partial charge in [-0.1, -0.05) is 99.3 Å². The molecule has 1 unspecified atom stereocenters. The molecule has 0 aromatic heterocycles. The predicted molar refractivity (Wildman–Crippen MR) is 200 cm³/mol. The summed E-state index contributed by atoms with van der Waals surface area (Å²) in [7, 11) is 0. The molecule has 6 heteroatoms. The fourth-order valence-electron chi connectivity index (χ4n) is 6.33. The highest BCUT2D eigenvalue weighted by atomic mass is 16.6. The Kier molecular flexibility index (Phi) is 9.73. The second-order valence-electron chi connectivity index (χ2n) is 13.1. The van der Waals surface area contributed by atoms with Crippen LogP contribution in [0.25, 0.3) is 22.3 Å².